The quantitative estimate of drug-likeness (QED) is 0.799. The summed E-state index contributed by atoms with van der Waals surface area (Å²) in [5.41, 5.74) is 1.28. The number of nitrogens with one attached hydrogen (secondary N) is 1. The summed E-state index contributed by atoms with van der Waals surface area (Å²) in [4.78, 5) is 0. The summed E-state index contributed by atoms with van der Waals surface area (Å²) >= 11 is 0. The Morgan fingerprint density at radius 2 is 2.29 bits per heavy atom. The molecule has 1 unspecified atom stereocenters. The minimum absolute atomic E-state index is 0.112. The van der Waals surface area contributed by atoms with Gasteiger partial charge in [-0.25, -0.2) is 0 Å². The third-order valence-corrected chi connectivity index (χ3v) is 2.79. The molecule has 1 aromatic heterocycles. The van der Waals surface area contributed by atoms with Crippen molar-refractivity contribution in [3.63, 3.8) is 0 Å². The fourth-order valence-electron chi connectivity index (χ4n) is 1.79. The van der Waals surface area contributed by atoms with Gasteiger partial charge in [-0.15, -0.1) is 0 Å². The SMILES string of the molecule is Cc1cc(CNCC(O)COc2ccccc2C#N)on1. The van der Waals surface area contributed by atoms with E-state index in [4.69, 9.17) is 14.5 Å². The standard InChI is InChI=1S/C15H17N3O3/c1-11-6-14(21-18-11)9-17-8-13(19)10-20-15-5-3-2-4-12(15)7-16/h2-6,13,17,19H,8-10H2,1H3. The van der Waals surface area contributed by atoms with Crippen LogP contribution in [-0.4, -0.2) is 29.5 Å². The molecule has 21 heavy (non-hydrogen) atoms. The highest BCUT2D eigenvalue weighted by Crippen LogP contribution is 2.16. The zero-order chi connectivity index (χ0) is 15.1. The number of aliphatic hydroxyl groups is 1. The van der Waals surface area contributed by atoms with Crippen molar-refractivity contribution in [2.75, 3.05) is 13.2 Å². The Balaban J connectivity index is 1.72. The minimum atomic E-state index is -0.680. The summed E-state index contributed by atoms with van der Waals surface area (Å²) < 4.78 is 10.5. The molecular weight excluding hydrogens is 270 g/mol. The van der Waals surface area contributed by atoms with Crippen LogP contribution in [0.5, 0.6) is 5.75 Å². The lowest BCUT2D eigenvalue weighted by Gasteiger charge is -2.13. The van der Waals surface area contributed by atoms with Crippen molar-refractivity contribution in [1.82, 2.24) is 10.5 Å². The number of aromatic nitrogens is 1. The van der Waals surface area contributed by atoms with Gasteiger partial charge >= 0.3 is 0 Å². The van der Waals surface area contributed by atoms with E-state index in [9.17, 15) is 5.11 Å². The van der Waals surface area contributed by atoms with E-state index in [2.05, 4.69) is 10.5 Å². The lowest BCUT2D eigenvalue weighted by molar-refractivity contribution is 0.105. The average Bonchev–Trinajstić information content (AvgIpc) is 2.91. The highest BCUT2D eigenvalue weighted by Gasteiger charge is 2.08. The summed E-state index contributed by atoms with van der Waals surface area (Å²) in [6, 6.07) is 10.8. The molecule has 0 saturated heterocycles. The molecule has 1 heterocycles. The molecule has 6 nitrogen and oxygen atoms in total. The van der Waals surface area contributed by atoms with Crippen molar-refractivity contribution < 1.29 is 14.4 Å². The summed E-state index contributed by atoms with van der Waals surface area (Å²) in [7, 11) is 0. The molecule has 0 amide bonds. The number of benzene rings is 1. The molecule has 2 aromatic rings. The van der Waals surface area contributed by atoms with E-state index in [-0.39, 0.29) is 6.61 Å². The predicted octanol–water partition coefficient (Wildman–Crippen LogP) is 1.38. The third kappa shape index (κ3) is 4.60. The maximum Gasteiger partial charge on any atom is 0.150 e. The Hall–Kier alpha value is -2.36. The number of nitrogens with zero attached hydrogens (tertiary/aromatic N) is 2. The Morgan fingerprint density at radius 3 is 3.00 bits per heavy atom. The van der Waals surface area contributed by atoms with E-state index >= 15 is 0 Å². The van der Waals surface area contributed by atoms with Gasteiger partial charge in [-0.05, 0) is 19.1 Å². The molecule has 0 aliphatic carbocycles. The number of para-hydroxylation sites is 1. The summed E-state index contributed by atoms with van der Waals surface area (Å²) in [6.45, 7) is 2.81. The maximum atomic E-state index is 9.84. The van der Waals surface area contributed by atoms with Gasteiger partial charge < -0.3 is 19.7 Å². The van der Waals surface area contributed by atoms with E-state index < -0.39 is 6.10 Å². The number of rotatable bonds is 7. The number of hydrogen-bond acceptors (Lipinski definition) is 6. The van der Waals surface area contributed by atoms with Crippen LogP contribution in [0, 0.1) is 18.3 Å². The fourth-order valence-corrected chi connectivity index (χ4v) is 1.79. The predicted molar refractivity (Wildman–Crippen MR) is 75.6 cm³/mol. The van der Waals surface area contributed by atoms with E-state index in [0.717, 1.165) is 11.5 Å². The molecule has 0 bridgehead atoms. The van der Waals surface area contributed by atoms with Crippen molar-refractivity contribution in [2.24, 2.45) is 0 Å². The van der Waals surface area contributed by atoms with Gasteiger partial charge in [-0.1, -0.05) is 17.3 Å². The van der Waals surface area contributed by atoms with Crippen molar-refractivity contribution in [1.29, 1.82) is 5.26 Å². The molecule has 110 valence electrons. The van der Waals surface area contributed by atoms with Gasteiger partial charge in [0.05, 0.1) is 17.8 Å². The van der Waals surface area contributed by atoms with Crippen LogP contribution >= 0.6 is 0 Å². The van der Waals surface area contributed by atoms with Crippen LogP contribution in [0.4, 0.5) is 0 Å². The maximum absolute atomic E-state index is 9.84. The number of nitriles is 1. The van der Waals surface area contributed by atoms with Gasteiger partial charge in [0.15, 0.2) is 5.76 Å². The minimum Gasteiger partial charge on any atom is -0.489 e. The largest absolute Gasteiger partial charge is 0.489 e. The Morgan fingerprint density at radius 1 is 1.48 bits per heavy atom. The molecule has 0 aliphatic heterocycles. The van der Waals surface area contributed by atoms with Crippen LogP contribution < -0.4 is 10.1 Å². The topological polar surface area (TPSA) is 91.3 Å². The van der Waals surface area contributed by atoms with Gasteiger partial charge in [-0.3, -0.25) is 0 Å². The van der Waals surface area contributed by atoms with Crippen molar-refractivity contribution in [2.45, 2.75) is 19.6 Å². The number of aryl methyl sites for hydroxylation is 1. The average molecular weight is 287 g/mol. The van der Waals surface area contributed by atoms with E-state index in [1.165, 1.54) is 0 Å². The number of ether oxygens (including phenoxy) is 1. The molecule has 0 radical (unpaired) electrons. The first-order valence-electron chi connectivity index (χ1n) is 6.62. The second-order valence-corrected chi connectivity index (χ2v) is 4.64. The molecule has 2 rings (SSSR count). The normalized spacial score (nSPS) is 11.9. The summed E-state index contributed by atoms with van der Waals surface area (Å²) in [5.74, 6) is 1.19. The molecule has 0 saturated carbocycles. The van der Waals surface area contributed by atoms with Crippen molar-refractivity contribution in [3.8, 4) is 11.8 Å². The summed E-state index contributed by atoms with van der Waals surface area (Å²) in [5, 5.41) is 25.6. The fraction of sp³-hybridized carbons (Fsp3) is 0.333. The first-order valence-corrected chi connectivity index (χ1v) is 6.62. The number of aliphatic hydroxyl groups excluding tert-OH is 1. The van der Waals surface area contributed by atoms with Crippen LogP contribution in [0.2, 0.25) is 0 Å². The molecule has 6 heteroatoms. The lowest BCUT2D eigenvalue weighted by Crippen LogP contribution is -2.31. The van der Waals surface area contributed by atoms with Gasteiger partial charge in [0.25, 0.3) is 0 Å². The first kappa shape index (κ1) is 15.0. The van der Waals surface area contributed by atoms with E-state index in [1.807, 2.05) is 19.1 Å². The van der Waals surface area contributed by atoms with Crippen LogP contribution in [0.1, 0.15) is 17.0 Å². The Labute approximate surface area is 122 Å². The highest BCUT2D eigenvalue weighted by atomic mass is 16.5. The lowest BCUT2D eigenvalue weighted by atomic mass is 10.2. The smallest absolute Gasteiger partial charge is 0.150 e. The van der Waals surface area contributed by atoms with Gasteiger partial charge in [0.2, 0.25) is 0 Å². The van der Waals surface area contributed by atoms with E-state index in [0.29, 0.717) is 24.4 Å². The Kier molecular flexibility index (Phi) is 5.32. The van der Waals surface area contributed by atoms with Crippen LogP contribution in [-0.2, 0) is 6.54 Å². The van der Waals surface area contributed by atoms with Gasteiger partial charge in [0, 0.05) is 12.6 Å². The Bertz CT molecular complexity index is 619. The van der Waals surface area contributed by atoms with Crippen molar-refractivity contribution in [3.05, 3.63) is 47.3 Å². The zero-order valence-electron chi connectivity index (χ0n) is 11.7. The van der Waals surface area contributed by atoms with E-state index in [1.54, 1.807) is 24.3 Å². The molecule has 0 spiro atoms. The highest BCUT2D eigenvalue weighted by molar-refractivity contribution is 5.42. The van der Waals surface area contributed by atoms with Gasteiger partial charge in [0.1, 0.15) is 24.5 Å². The number of hydrogen-bond donors (Lipinski definition) is 2. The molecule has 1 atom stereocenters. The van der Waals surface area contributed by atoms with Crippen LogP contribution in [0.3, 0.4) is 0 Å². The molecule has 2 N–H and O–H groups in total. The summed E-state index contributed by atoms with van der Waals surface area (Å²) in [6.07, 6.45) is -0.680. The molecule has 0 fully saturated rings. The van der Waals surface area contributed by atoms with Crippen LogP contribution in [0.15, 0.2) is 34.9 Å². The molecular formula is C15H17N3O3. The van der Waals surface area contributed by atoms with Gasteiger partial charge in [-0.2, -0.15) is 5.26 Å². The molecule has 1 aromatic carbocycles. The monoisotopic (exact) mass is 287 g/mol. The second-order valence-electron chi connectivity index (χ2n) is 4.64. The second kappa shape index (κ2) is 7.43. The van der Waals surface area contributed by atoms with Crippen LogP contribution in [0.25, 0.3) is 0 Å². The third-order valence-electron chi connectivity index (χ3n) is 2.79. The molecule has 0 aliphatic rings. The van der Waals surface area contributed by atoms with Crippen molar-refractivity contribution >= 4 is 0 Å². The zero-order valence-corrected chi connectivity index (χ0v) is 11.7. The first-order chi connectivity index (χ1) is 10.2.